The van der Waals surface area contributed by atoms with E-state index in [4.69, 9.17) is 15.0 Å². The first kappa shape index (κ1) is 19.3. The molecule has 0 aliphatic heterocycles. The fraction of sp³-hybridized carbons (Fsp3) is 0.143. The highest BCUT2D eigenvalue weighted by atomic mass is 19.1. The molecule has 0 aliphatic carbocycles. The molecule has 152 valence electrons. The van der Waals surface area contributed by atoms with Gasteiger partial charge in [-0.15, -0.1) is 0 Å². The van der Waals surface area contributed by atoms with Crippen LogP contribution in [0, 0.1) is 5.82 Å². The van der Waals surface area contributed by atoms with Gasteiger partial charge >= 0.3 is 0 Å². The summed E-state index contributed by atoms with van der Waals surface area (Å²) in [6, 6.07) is 13.0. The van der Waals surface area contributed by atoms with E-state index in [1.165, 1.54) is 12.1 Å². The highest BCUT2D eigenvalue weighted by molar-refractivity contribution is 5.76. The predicted octanol–water partition coefficient (Wildman–Crippen LogP) is 2.88. The summed E-state index contributed by atoms with van der Waals surface area (Å²) in [6.07, 6.45) is 1.79. The maximum Gasteiger partial charge on any atom is 0.261 e. The van der Waals surface area contributed by atoms with Crippen LogP contribution in [0.15, 0.2) is 59.3 Å². The molecule has 0 saturated carbocycles. The first-order valence-electron chi connectivity index (χ1n) is 9.10. The standard InChI is InChI=1S/C21H18FN5O3/c1-27-18(12-29-16-8-6-15(22)7-9-16)17(11-24-27)21-25-20(26-30-21)14-4-2-13(3-5-14)10-19(23)28/h2-9,11H,10,12H2,1H3,(H2,23,28). The van der Waals surface area contributed by atoms with E-state index in [1.807, 2.05) is 0 Å². The van der Waals surface area contributed by atoms with E-state index in [9.17, 15) is 9.18 Å². The molecule has 0 spiro atoms. The van der Waals surface area contributed by atoms with E-state index in [-0.39, 0.29) is 18.8 Å². The number of ether oxygens (including phenoxy) is 1. The Bertz CT molecular complexity index is 1170. The molecule has 8 nitrogen and oxygen atoms in total. The van der Waals surface area contributed by atoms with Gasteiger partial charge in [0.15, 0.2) is 0 Å². The largest absolute Gasteiger partial charge is 0.487 e. The first-order valence-corrected chi connectivity index (χ1v) is 9.10. The van der Waals surface area contributed by atoms with Gasteiger partial charge in [0.05, 0.1) is 23.9 Å². The Kier molecular flexibility index (Phi) is 5.25. The van der Waals surface area contributed by atoms with Gasteiger partial charge in [-0.3, -0.25) is 9.48 Å². The molecule has 2 aromatic heterocycles. The minimum atomic E-state index is -0.392. The lowest BCUT2D eigenvalue weighted by Crippen LogP contribution is -2.13. The molecule has 0 radical (unpaired) electrons. The van der Waals surface area contributed by atoms with Crippen LogP contribution in [0.3, 0.4) is 0 Å². The van der Waals surface area contributed by atoms with Crippen molar-refractivity contribution in [3.05, 3.63) is 71.8 Å². The number of carbonyl (C=O) groups is 1. The molecular formula is C21H18FN5O3. The third-order valence-electron chi connectivity index (χ3n) is 4.50. The SMILES string of the molecule is Cn1ncc(-c2nc(-c3ccc(CC(N)=O)cc3)no2)c1COc1ccc(F)cc1. The van der Waals surface area contributed by atoms with Crippen molar-refractivity contribution in [1.82, 2.24) is 19.9 Å². The van der Waals surface area contributed by atoms with Crippen molar-refractivity contribution in [3.63, 3.8) is 0 Å². The number of benzene rings is 2. The molecular weight excluding hydrogens is 389 g/mol. The summed E-state index contributed by atoms with van der Waals surface area (Å²) in [4.78, 5) is 15.5. The van der Waals surface area contributed by atoms with Gasteiger partial charge in [0, 0.05) is 12.6 Å². The Morgan fingerprint density at radius 1 is 1.17 bits per heavy atom. The number of aryl methyl sites for hydroxylation is 1. The topological polar surface area (TPSA) is 109 Å². The molecule has 0 atom stereocenters. The molecule has 1 amide bonds. The maximum absolute atomic E-state index is 13.1. The smallest absolute Gasteiger partial charge is 0.261 e. The maximum atomic E-state index is 13.1. The summed E-state index contributed by atoms with van der Waals surface area (Å²) in [5.74, 6) is 0.522. The van der Waals surface area contributed by atoms with Crippen LogP contribution in [-0.4, -0.2) is 25.8 Å². The molecule has 2 heterocycles. The summed E-state index contributed by atoms with van der Waals surface area (Å²) in [6.45, 7) is 0.191. The molecule has 4 aromatic rings. The summed E-state index contributed by atoms with van der Waals surface area (Å²) >= 11 is 0. The summed E-state index contributed by atoms with van der Waals surface area (Å²) in [7, 11) is 1.78. The second kappa shape index (κ2) is 8.16. The minimum Gasteiger partial charge on any atom is -0.487 e. The normalized spacial score (nSPS) is 10.9. The molecule has 2 N–H and O–H groups in total. The van der Waals surface area contributed by atoms with E-state index in [1.54, 1.807) is 54.3 Å². The van der Waals surface area contributed by atoms with Crippen LogP contribution in [0.1, 0.15) is 11.3 Å². The van der Waals surface area contributed by atoms with Crippen LogP contribution < -0.4 is 10.5 Å². The van der Waals surface area contributed by atoms with Gasteiger partial charge in [0.1, 0.15) is 18.2 Å². The molecule has 2 aromatic carbocycles. The fourth-order valence-corrected chi connectivity index (χ4v) is 2.92. The van der Waals surface area contributed by atoms with Gasteiger partial charge in [0.2, 0.25) is 11.7 Å². The zero-order valence-corrected chi connectivity index (χ0v) is 16.1. The van der Waals surface area contributed by atoms with Gasteiger partial charge in [0.25, 0.3) is 5.89 Å². The lowest BCUT2D eigenvalue weighted by atomic mass is 10.1. The number of aromatic nitrogens is 4. The van der Waals surface area contributed by atoms with Crippen LogP contribution >= 0.6 is 0 Å². The zero-order chi connectivity index (χ0) is 21.1. The lowest BCUT2D eigenvalue weighted by molar-refractivity contribution is -0.117. The highest BCUT2D eigenvalue weighted by Crippen LogP contribution is 2.26. The second-order valence-corrected chi connectivity index (χ2v) is 6.63. The van der Waals surface area contributed by atoms with Crippen molar-refractivity contribution >= 4 is 5.91 Å². The molecule has 0 fully saturated rings. The first-order chi connectivity index (χ1) is 14.5. The van der Waals surface area contributed by atoms with E-state index >= 15 is 0 Å². The number of nitrogens with zero attached hydrogens (tertiary/aromatic N) is 4. The Morgan fingerprint density at radius 3 is 2.60 bits per heavy atom. The van der Waals surface area contributed by atoms with Crippen LogP contribution in [0.5, 0.6) is 5.75 Å². The quantitative estimate of drug-likeness (QED) is 0.505. The Balaban J connectivity index is 1.53. The Labute approximate surface area is 171 Å². The Morgan fingerprint density at radius 2 is 1.90 bits per heavy atom. The van der Waals surface area contributed by atoms with E-state index in [2.05, 4.69) is 15.2 Å². The van der Waals surface area contributed by atoms with Crippen LogP contribution in [0.4, 0.5) is 4.39 Å². The fourth-order valence-electron chi connectivity index (χ4n) is 2.92. The van der Waals surface area contributed by atoms with Gasteiger partial charge < -0.3 is 15.0 Å². The molecule has 4 rings (SSSR count). The van der Waals surface area contributed by atoms with Crippen molar-refractivity contribution in [2.24, 2.45) is 12.8 Å². The van der Waals surface area contributed by atoms with E-state index in [0.29, 0.717) is 23.0 Å². The van der Waals surface area contributed by atoms with Crippen LogP contribution in [0.25, 0.3) is 22.8 Å². The van der Waals surface area contributed by atoms with Crippen molar-refractivity contribution in [2.45, 2.75) is 13.0 Å². The summed E-state index contributed by atoms with van der Waals surface area (Å²) < 4.78 is 25.9. The lowest BCUT2D eigenvalue weighted by Gasteiger charge is -2.07. The average molecular weight is 407 g/mol. The van der Waals surface area contributed by atoms with Crippen molar-refractivity contribution in [1.29, 1.82) is 0 Å². The summed E-state index contributed by atoms with van der Waals surface area (Å²) in [5.41, 5.74) is 8.13. The number of amides is 1. The van der Waals surface area contributed by atoms with Gasteiger partial charge in [-0.1, -0.05) is 29.4 Å². The average Bonchev–Trinajstić information content (AvgIpc) is 3.35. The van der Waals surface area contributed by atoms with E-state index < -0.39 is 5.91 Å². The number of primary amides is 1. The zero-order valence-electron chi connectivity index (χ0n) is 16.1. The predicted molar refractivity (Wildman–Crippen MR) is 106 cm³/mol. The number of carbonyl (C=O) groups excluding carboxylic acids is 1. The number of halogens is 1. The van der Waals surface area contributed by atoms with Crippen molar-refractivity contribution < 1.29 is 18.4 Å². The monoisotopic (exact) mass is 407 g/mol. The van der Waals surface area contributed by atoms with Crippen molar-refractivity contribution in [3.8, 4) is 28.6 Å². The molecule has 0 saturated heterocycles. The van der Waals surface area contributed by atoms with Gasteiger partial charge in [-0.25, -0.2) is 4.39 Å². The van der Waals surface area contributed by atoms with Gasteiger partial charge in [-0.05, 0) is 29.8 Å². The third kappa shape index (κ3) is 4.19. The summed E-state index contributed by atoms with van der Waals surface area (Å²) in [5, 5.41) is 8.28. The number of nitrogens with two attached hydrogens (primary N) is 1. The minimum absolute atomic E-state index is 0.172. The second-order valence-electron chi connectivity index (χ2n) is 6.63. The molecule has 0 aliphatic rings. The molecule has 0 bridgehead atoms. The molecule has 30 heavy (non-hydrogen) atoms. The molecule has 9 heteroatoms. The number of hydrogen-bond acceptors (Lipinski definition) is 6. The van der Waals surface area contributed by atoms with Crippen LogP contribution in [-0.2, 0) is 24.9 Å². The van der Waals surface area contributed by atoms with Crippen molar-refractivity contribution in [2.75, 3.05) is 0 Å². The number of hydrogen-bond donors (Lipinski definition) is 1. The van der Waals surface area contributed by atoms with E-state index in [0.717, 1.165) is 16.8 Å². The van der Waals surface area contributed by atoms with Crippen LogP contribution in [0.2, 0.25) is 0 Å². The van der Waals surface area contributed by atoms with Gasteiger partial charge in [-0.2, -0.15) is 10.1 Å². The third-order valence-corrected chi connectivity index (χ3v) is 4.50. The number of rotatable bonds is 7. The molecule has 0 unspecified atom stereocenters. The Hall–Kier alpha value is -4.01. The highest BCUT2D eigenvalue weighted by Gasteiger charge is 2.18.